The highest BCUT2D eigenvalue weighted by atomic mass is 16.5. The van der Waals surface area contributed by atoms with Crippen molar-refractivity contribution in [3.63, 3.8) is 0 Å². The molecule has 2 aliphatic rings. The van der Waals surface area contributed by atoms with Crippen LogP contribution in [0.5, 0.6) is 0 Å². The standard InChI is InChI=1S/C20H39N3O3/c1-4-21-19(23-16-20(24-3)11-14-25-15-12-20)22-13-10-18(26-5-2)17-8-6-7-9-17/h17-18H,4-16H2,1-3H3,(H2,21,22,23). The average Bonchev–Trinajstić information content (AvgIpc) is 3.21. The predicted octanol–water partition coefficient (Wildman–Crippen LogP) is 2.72. The summed E-state index contributed by atoms with van der Waals surface area (Å²) in [6.45, 7) is 8.91. The first-order valence-electron chi connectivity index (χ1n) is 10.5. The Morgan fingerprint density at radius 3 is 2.54 bits per heavy atom. The van der Waals surface area contributed by atoms with Gasteiger partial charge in [0.25, 0.3) is 0 Å². The summed E-state index contributed by atoms with van der Waals surface area (Å²) >= 11 is 0. The Morgan fingerprint density at radius 1 is 1.19 bits per heavy atom. The van der Waals surface area contributed by atoms with Crippen LogP contribution in [-0.2, 0) is 14.2 Å². The van der Waals surface area contributed by atoms with E-state index in [2.05, 4.69) is 24.5 Å². The normalized spacial score (nSPS) is 22.3. The number of guanidine groups is 1. The van der Waals surface area contributed by atoms with Crippen LogP contribution in [0.1, 0.15) is 58.8 Å². The molecule has 0 aromatic heterocycles. The van der Waals surface area contributed by atoms with Crippen molar-refractivity contribution in [1.29, 1.82) is 0 Å². The van der Waals surface area contributed by atoms with Gasteiger partial charge < -0.3 is 24.8 Å². The summed E-state index contributed by atoms with van der Waals surface area (Å²) in [5.74, 6) is 1.60. The fourth-order valence-electron chi connectivity index (χ4n) is 4.07. The number of ether oxygens (including phenoxy) is 3. The summed E-state index contributed by atoms with van der Waals surface area (Å²) in [6.07, 6.45) is 8.56. The molecule has 0 radical (unpaired) electrons. The van der Waals surface area contributed by atoms with Crippen molar-refractivity contribution < 1.29 is 14.2 Å². The Morgan fingerprint density at radius 2 is 1.92 bits per heavy atom. The molecule has 1 saturated carbocycles. The Hall–Kier alpha value is -0.850. The van der Waals surface area contributed by atoms with Crippen LogP contribution in [0.3, 0.4) is 0 Å². The highest BCUT2D eigenvalue weighted by Crippen LogP contribution is 2.30. The van der Waals surface area contributed by atoms with Gasteiger partial charge in [-0.3, -0.25) is 4.99 Å². The van der Waals surface area contributed by atoms with E-state index < -0.39 is 0 Å². The fourth-order valence-corrected chi connectivity index (χ4v) is 4.07. The molecule has 2 fully saturated rings. The predicted molar refractivity (Wildman–Crippen MR) is 106 cm³/mol. The van der Waals surface area contributed by atoms with Crippen molar-refractivity contribution in [2.75, 3.05) is 46.6 Å². The molecule has 0 spiro atoms. The van der Waals surface area contributed by atoms with Crippen LogP contribution < -0.4 is 10.6 Å². The average molecular weight is 370 g/mol. The number of methoxy groups -OCH3 is 1. The minimum absolute atomic E-state index is 0.182. The molecule has 0 bridgehead atoms. The first-order valence-corrected chi connectivity index (χ1v) is 10.5. The van der Waals surface area contributed by atoms with E-state index >= 15 is 0 Å². The highest BCUT2D eigenvalue weighted by Gasteiger charge is 2.32. The number of nitrogens with one attached hydrogen (secondary N) is 2. The molecule has 6 nitrogen and oxygen atoms in total. The third-order valence-electron chi connectivity index (χ3n) is 5.73. The molecule has 2 N–H and O–H groups in total. The van der Waals surface area contributed by atoms with Crippen LogP contribution in [0.4, 0.5) is 0 Å². The molecule has 1 heterocycles. The number of rotatable bonds is 10. The summed E-state index contributed by atoms with van der Waals surface area (Å²) in [4.78, 5) is 4.79. The van der Waals surface area contributed by atoms with Gasteiger partial charge in [-0.1, -0.05) is 12.8 Å². The Bertz CT molecular complexity index is 405. The second-order valence-corrected chi connectivity index (χ2v) is 7.45. The van der Waals surface area contributed by atoms with Gasteiger partial charge in [-0.15, -0.1) is 0 Å². The minimum atomic E-state index is -0.182. The van der Waals surface area contributed by atoms with Crippen molar-refractivity contribution >= 4 is 5.96 Å². The SMILES string of the molecule is CCNC(=NCC1(OC)CCOCC1)NCCC(OCC)C1CCCC1. The lowest BCUT2D eigenvalue weighted by molar-refractivity contribution is -0.0828. The zero-order chi connectivity index (χ0) is 18.7. The molecule has 152 valence electrons. The van der Waals surface area contributed by atoms with Gasteiger partial charge >= 0.3 is 0 Å². The van der Waals surface area contributed by atoms with Gasteiger partial charge in [0.2, 0.25) is 0 Å². The van der Waals surface area contributed by atoms with Gasteiger partial charge in [0, 0.05) is 52.9 Å². The van der Waals surface area contributed by atoms with Gasteiger partial charge in [0.15, 0.2) is 5.96 Å². The molecule has 26 heavy (non-hydrogen) atoms. The lowest BCUT2D eigenvalue weighted by Gasteiger charge is -2.34. The smallest absolute Gasteiger partial charge is 0.191 e. The van der Waals surface area contributed by atoms with E-state index in [0.717, 1.165) is 64.1 Å². The molecular formula is C20H39N3O3. The molecular weight excluding hydrogens is 330 g/mol. The lowest BCUT2D eigenvalue weighted by Crippen LogP contribution is -2.44. The number of hydrogen-bond acceptors (Lipinski definition) is 4. The molecule has 0 aromatic carbocycles. The van der Waals surface area contributed by atoms with Gasteiger partial charge in [0.1, 0.15) is 0 Å². The first kappa shape index (κ1) is 21.5. The van der Waals surface area contributed by atoms with Crippen LogP contribution in [0, 0.1) is 5.92 Å². The Balaban J connectivity index is 1.83. The van der Waals surface area contributed by atoms with Crippen LogP contribution >= 0.6 is 0 Å². The maximum Gasteiger partial charge on any atom is 0.191 e. The van der Waals surface area contributed by atoms with Crippen molar-refractivity contribution in [3.8, 4) is 0 Å². The summed E-state index contributed by atoms with van der Waals surface area (Å²) in [5, 5.41) is 6.84. The molecule has 1 atom stereocenters. The molecule has 2 rings (SSSR count). The number of aliphatic imine (C=N–C) groups is 1. The van der Waals surface area contributed by atoms with Crippen molar-refractivity contribution in [3.05, 3.63) is 0 Å². The summed E-state index contributed by atoms with van der Waals surface area (Å²) in [5.41, 5.74) is -0.182. The van der Waals surface area contributed by atoms with Crippen molar-refractivity contribution in [1.82, 2.24) is 10.6 Å². The molecule has 0 amide bonds. The second kappa shape index (κ2) is 11.8. The number of hydrogen-bond donors (Lipinski definition) is 2. The maximum atomic E-state index is 6.02. The number of nitrogens with zero attached hydrogens (tertiary/aromatic N) is 1. The topological polar surface area (TPSA) is 64.1 Å². The van der Waals surface area contributed by atoms with Crippen LogP contribution in [0.15, 0.2) is 4.99 Å². The van der Waals surface area contributed by atoms with E-state index in [1.165, 1.54) is 25.7 Å². The van der Waals surface area contributed by atoms with Gasteiger partial charge in [-0.25, -0.2) is 0 Å². The Labute approximate surface area is 159 Å². The molecule has 0 aromatic rings. The van der Waals surface area contributed by atoms with E-state index in [1.807, 2.05) is 0 Å². The lowest BCUT2D eigenvalue weighted by atomic mass is 9.94. The summed E-state index contributed by atoms with van der Waals surface area (Å²) < 4.78 is 17.3. The third-order valence-corrected chi connectivity index (χ3v) is 5.73. The largest absolute Gasteiger partial charge is 0.381 e. The quantitative estimate of drug-likeness (QED) is 0.458. The maximum absolute atomic E-state index is 6.02. The zero-order valence-electron chi connectivity index (χ0n) is 17.0. The molecule has 1 aliphatic heterocycles. The Kier molecular flexibility index (Phi) is 9.72. The second-order valence-electron chi connectivity index (χ2n) is 7.45. The summed E-state index contributed by atoms with van der Waals surface area (Å²) in [6, 6.07) is 0. The van der Waals surface area contributed by atoms with Gasteiger partial charge in [0.05, 0.1) is 18.2 Å². The van der Waals surface area contributed by atoms with Crippen LogP contribution in [0.25, 0.3) is 0 Å². The van der Waals surface area contributed by atoms with Crippen molar-refractivity contribution in [2.45, 2.75) is 70.5 Å². The zero-order valence-corrected chi connectivity index (χ0v) is 17.0. The third kappa shape index (κ3) is 6.71. The molecule has 1 saturated heterocycles. The van der Waals surface area contributed by atoms with Crippen LogP contribution in [-0.4, -0.2) is 64.2 Å². The van der Waals surface area contributed by atoms with E-state index in [1.54, 1.807) is 7.11 Å². The fraction of sp³-hybridized carbons (Fsp3) is 0.950. The molecule has 6 heteroatoms. The first-order chi connectivity index (χ1) is 12.7. The van der Waals surface area contributed by atoms with Crippen LogP contribution in [0.2, 0.25) is 0 Å². The van der Waals surface area contributed by atoms with Crippen molar-refractivity contribution in [2.24, 2.45) is 10.9 Å². The highest BCUT2D eigenvalue weighted by molar-refractivity contribution is 5.79. The van der Waals surface area contributed by atoms with E-state index in [4.69, 9.17) is 19.2 Å². The van der Waals surface area contributed by atoms with E-state index in [9.17, 15) is 0 Å². The summed E-state index contributed by atoms with van der Waals surface area (Å²) in [7, 11) is 1.79. The minimum Gasteiger partial charge on any atom is -0.381 e. The van der Waals surface area contributed by atoms with Gasteiger partial charge in [-0.2, -0.15) is 0 Å². The van der Waals surface area contributed by atoms with E-state index in [0.29, 0.717) is 12.6 Å². The van der Waals surface area contributed by atoms with Gasteiger partial charge in [-0.05, 0) is 39.0 Å². The van der Waals surface area contributed by atoms with E-state index in [-0.39, 0.29) is 5.60 Å². The molecule has 1 aliphatic carbocycles. The molecule has 1 unspecified atom stereocenters. The monoisotopic (exact) mass is 369 g/mol.